The highest BCUT2D eigenvalue weighted by atomic mass is 35.5. The van der Waals surface area contributed by atoms with Gasteiger partial charge in [0, 0.05) is 40.7 Å². The Morgan fingerprint density at radius 3 is 2.33 bits per heavy atom. The Kier molecular flexibility index (Phi) is 11.9. The Bertz CT molecular complexity index is 2340. The van der Waals surface area contributed by atoms with E-state index >= 15 is 0 Å². The molecule has 0 bridgehead atoms. The lowest BCUT2D eigenvalue weighted by Gasteiger charge is -2.36. The van der Waals surface area contributed by atoms with Crippen LogP contribution in [0.3, 0.4) is 0 Å². The smallest absolute Gasteiger partial charge is 0.411 e. The summed E-state index contributed by atoms with van der Waals surface area (Å²) in [4.78, 5) is 43.7. The van der Waals surface area contributed by atoms with Crippen molar-refractivity contribution in [1.29, 1.82) is 0 Å². The molecule has 302 valence electrons. The molecule has 1 unspecified atom stereocenters. The molecule has 6 rings (SSSR count). The lowest BCUT2D eigenvalue weighted by molar-refractivity contribution is -0.385. The van der Waals surface area contributed by atoms with Gasteiger partial charge in [-0.1, -0.05) is 45.0 Å². The lowest BCUT2D eigenvalue weighted by atomic mass is 9.95. The van der Waals surface area contributed by atoms with Crippen LogP contribution in [0.1, 0.15) is 48.3 Å². The average Bonchev–Trinajstić information content (AvgIpc) is 3.79. The minimum atomic E-state index is -2.04. The number of amides is 2. The van der Waals surface area contributed by atoms with Gasteiger partial charge in [0.1, 0.15) is 24.7 Å². The molecule has 4 aromatic carbocycles. The van der Waals surface area contributed by atoms with Gasteiger partial charge in [0.2, 0.25) is 5.75 Å². The third-order valence-corrected chi connectivity index (χ3v) is 15.6. The van der Waals surface area contributed by atoms with Gasteiger partial charge in [-0.3, -0.25) is 20.2 Å². The second kappa shape index (κ2) is 16.5. The van der Waals surface area contributed by atoms with Gasteiger partial charge in [0.15, 0.2) is 19.8 Å². The number of rotatable bonds is 14. The number of alkyl halides is 1. The Labute approximate surface area is 336 Å². The molecular formula is C41H47ClN4O10Si. The molecule has 0 fully saturated rings. The van der Waals surface area contributed by atoms with Crippen molar-refractivity contribution in [1.82, 2.24) is 4.98 Å². The number of methoxy groups -OCH3 is 3. The van der Waals surface area contributed by atoms with E-state index in [1.54, 1.807) is 23.1 Å². The molecular weight excluding hydrogens is 772 g/mol. The predicted molar refractivity (Wildman–Crippen MR) is 223 cm³/mol. The summed E-state index contributed by atoms with van der Waals surface area (Å²) < 4.78 is 34.5. The van der Waals surface area contributed by atoms with Crippen LogP contribution in [0.4, 0.5) is 21.9 Å². The molecule has 1 aliphatic rings. The molecule has 1 aromatic heterocycles. The molecule has 2 N–H and O–H groups in total. The number of nitro groups is 1. The van der Waals surface area contributed by atoms with Gasteiger partial charge >= 0.3 is 6.09 Å². The molecule has 0 spiro atoms. The summed E-state index contributed by atoms with van der Waals surface area (Å²) in [7, 11) is 2.51. The Morgan fingerprint density at radius 2 is 1.68 bits per heavy atom. The zero-order chi connectivity index (χ0) is 41.2. The molecule has 0 radical (unpaired) electrons. The van der Waals surface area contributed by atoms with E-state index in [0.29, 0.717) is 63.9 Å². The lowest BCUT2D eigenvalue weighted by Crippen LogP contribution is -2.41. The molecule has 2 heterocycles. The van der Waals surface area contributed by atoms with Crippen LogP contribution in [0.25, 0.3) is 21.7 Å². The fourth-order valence-electron chi connectivity index (χ4n) is 6.74. The van der Waals surface area contributed by atoms with Crippen LogP contribution >= 0.6 is 11.6 Å². The number of carbonyl (C=O) groups is 2. The normalized spacial score (nSPS) is 14.1. The van der Waals surface area contributed by atoms with Gasteiger partial charge in [0.05, 0.1) is 55.8 Å². The maximum atomic E-state index is 14.3. The number of aromatic nitrogens is 1. The Morgan fingerprint density at radius 1 is 0.965 bits per heavy atom. The third kappa shape index (κ3) is 8.18. The number of hydrogen-bond donors (Lipinski definition) is 2. The van der Waals surface area contributed by atoms with Crippen molar-refractivity contribution in [3.63, 3.8) is 0 Å². The molecule has 14 nitrogen and oxygen atoms in total. The number of fused-ring (bicyclic) bond motifs is 4. The van der Waals surface area contributed by atoms with Crippen LogP contribution in [0, 0.1) is 10.1 Å². The van der Waals surface area contributed by atoms with Gasteiger partial charge in [-0.25, -0.2) is 4.79 Å². The summed E-state index contributed by atoms with van der Waals surface area (Å²) >= 11 is 6.53. The SMILES string of the molecule is COc1cc2cc(C(=O)N3CC(CCl)c4c3cc(NC(=O)OCc3ccc([N+](=O)[O-])cc3OCCO[Si](C)(C)C(C)(C)C)c3ccccc43)[nH]c2c(OC)c1OC. The number of aromatic amines is 1. The van der Waals surface area contributed by atoms with E-state index in [-0.39, 0.29) is 47.4 Å². The molecule has 16 heteroatoms. The third-order valence-electron chi connectivity index (χ3n) is 10.7. The largest absolute Gasteiger partial charge is 0.493 e. The van der Waals surface area contributed by atoms with E-state index in [0.717, 1.165) is 16.3 Å². The maximum absolute atomic E-state index is 14.3. The van der Waals surface area contributed by atoms with Crippen molar-refractivity contribution in [3.8, 4) is 23.0 Å². The van der Waals surface area contributed by atoms with Crippen LogP contribution in [-0.4, -0.2) is 77.2 Å². The summed E-state index contributed by atoms with van der Waals surface area (Å²) in [6.07, 6.45) is -0.777. The number of carbonyl (C=O) groups excluding carboxylic acids is 2. The number of H-pyrrole nitrogens is 1. The number of nitrogens with one attached hydrogen (secondary N) is 2. The topological polar surface area (TPSA) is 164 Å². The average molecular weight is 819 g/mol. The first-order chi connectivity index (χ1) is 27.1. The van der Waals surface area contributed by atoms with Crippen molar-refractivity contribution >= 4 is 70.7 Å². The predicted octanol–water partition coefficient (Wildman–Crippen LogP) is 9.39. The van der Waals surface area contributed by atoms with Gasteiger partial charge < -0.3 is 38.0 Å². The van der Waals surface area contributed by atoms with Crippen molar-refractivity contribution in [2.45, 2.75) is 51.4 Å². The maximum Gasteiger partial charge on any atom is 0.411 e. The fraction of sp³-hybridized carbons (Fsp3) is 0.366. The number of benzene rings is 4. The summed E-state index contributed by atoms with van der Waals surface area (Å²) in [5.41, 5.74) is 3.04. The van der Waals surface area contributed by atoms with Crippen LogP contribution in [0.15, 0.2) is 60.7 Å². The van der Waals surface area contributed by atoms with Crippen molar-refractivity contribution in [2.75, 3.05) is 57.2 Å². The zero-order valence-corrected chi connectivity index (χ0v) is 35.0. The van der Waals surface area contributed by atoms with Gasteiger partial charge in [-0.05, 0) is 53.3 Å². The number of nitrogens with zero attached hydrogens (tertiary/aromatic N) is 2. The van der Waals surface area contributed by atoms with E-state index in [2.05, 4.69) is 44.2 Å². The first-order valence-electron chi connectivity index (χ1n) is 18.3. The second-order valence-corrected chi connectivity index (χ2v) is 20.3. The van der Waals surface area contributed by atoms with E-state index in [1.165, 1.54) is 39.5 Å². The number of ether oxygens (including phenoxy) is 5. The molecule has 0 saturated carbocycles. The van der Waals surface area contributed by atoms with E-state index in [9.17, 15) is 19.7 Å². The van der Waals surface area contributed by atoms with Crippen molar-refractivity contribution < 1.29 is 42.6 Å². The molecule has 57 heavy (non-hydrogen) atoms. The first kappa shape index (κ1) is 41.1. The van der Waals surface area contributed by atoms with Gasteiger partial charge in [-0.2, -0.15) is 0 Å². The first-order valence-corrected chi connectivity index (χ1v) is 21.8. The molecule has 0 saturated heterocycles. The van der Waals surface area contributed by atoms with E-state index in [4.69, 9.17) is 39.7 Å². The van der Waals surface area contributed by atoms with Crippen LogP contribution in [0.2, 0.25) is 18.1 Å². The number of anilines is 2. The molecule has 1 atom stereocenters. The quantitative estimate of drug-likeness (QED) is 0.0363. The standard InChI is InChI=1S/C41H47ClN4O10Si/c1-41(2,3)57(7,8)56-16-15-54-33-19-27(46(49)50)14-13-24(33)23-55-40(48)44-30-20-32-35(29-12-10-9-11-28(29)30)26(21-42)22-45(32)39(47)31-17-25-18-34(51-4)37(52-5)38(53-6)36(25)43-31/h9-14,17-20,26,43H,15-16,21-23H2,1-8H3,(H,44,48). The van der Waals surface area contributed by atoms with E-state index < -0.39 is 19.3 Å². The summed E-state index contributed by atoms with van der Waals surface area (Å²) in [5.74, 6) is 1.20. The molecule has 2 amide bonds. The Hall–Kier alpha value is -5.51. The summed E-state index contributed by atoms with van der Waals surface area (Å²) in [6, 6.07) is 16.9. The Balaban J connectivity index is 1.26. The zero-order valence-electron chi connectivity index (χ0n) is 33.2. The second-order valence-electron chi connectivity index (χ2n) is 15.2. The molecule has 0 aliphatic carbocycles. The van der Waals surface area contributed by atoms with Gasteiger partial charge in [0.25, 0.3) is 11.6 Å². The molecule has 5 aromatic rings. The van der Waals surface area contributed by atoms with Gasteiger partial charge in [-0.15, -0.1) is 11.6 Å². The minimum absolute atomic E-state index is 0.00482. The van der Waals surface area contributed by atoms with Crippen molar-refractivity contribution in [2.24, 2.45) is 0 Å². The van der Waals surface area contributed by atoms with Crippen molar-refractivity contribution in [3.05, 3.63) is 87.6 Å². The van der Waals surface area contributed by atoms with E-state index in [1.807, 2.05) is 24.3 Å². The molecule has 1 aliphatic heterocycles. The summed E-state index contributed by atoms with van der Waals surface area (Å²) in [6.45, 7) is 11.2. The monoisotopic (exact) mass is 818 g/mol. The fourth-order valence-corrected chi connectivity index (χ4v) is 8.02. The minimum Gasteiger partial charge on any atom is -0.493 e. The van der Waals surface area contributed by atoms with Crippen LogP contribution < -0.4 is 29.2 Å². The number of hydrogen-bond acceptors (Lipinski definition) is 10. The highest BCUT2D eigenvalue weighted by Gasteiger charge is 2.38. The van der Waals surface area contributed by atoms with Crippen LogP contribution in [-0.2, 0) is 15.8 Å². The summed E-state index contributed by atoms with van der Waals surface area (Å²) in [5, 5.41) is 16.7. The highest BCUT2D eigenvalue weighted by molar-refractivity contribution is 6.74. The number of non-ortho nitro benzene ring substituents is 1. The van der Waals surface area contributed by atoms with Crippen LogP contribution in [0.5, 0.6) is 23.0 Å². The number of halogens is 1. The number of nitro benzene ring substituents is 1. The highest BCUT2D eigenvalue weighted by Crippen LogP contribution is 2.47.